The SMILES string of the molecule is COc1ccc(C(=O)Nc2ccccc2Cl)cc1CN(C)S(=O)(=O)c1ccccc1. The number of sulfonamides is 1. The molecule has 3 aromatic carbocycles. The Kier molecular flexibility index (Phi) is 6.77. The highest BCUT2D eigenvalue weighted by Gasteiger charge is 2.22. The summed E-state index contributed by atoms with van der Waals surface area (Å²) < 4.78 is 32.2. The van der Waals surface area contributed by atoms with Crippen LogP contribution in [0.3, 0.4) is 0 Å². The Labute approximate surface area is 181 Å². The van der Waals surface area contributed by atoms with Crippen LogP contribution in [0.4, 0.5) is 5.69 Å². The lowest BCUT2D eigenvalue weighted by atomic mass is 10.1. The van der Waals surface area contributed by atoms with E-state index in [9.17, 15) is 13.2 Å². The fourth-order valence-electron chi connectivity index (χ4n) is 2.90. The molecule has 0 aromatic heterocycles. The second-order valence-electron chi connectivity index (χ2n) is 6.53. The predicted molar refractivity (Wildman–Crippen MR) is 117 cm³/mol. The second-order valence-corrected chi connectivity index (χ2v) is 8.99. The second kappa shape index (κ2) is 9.30. The summed E-state index contributed by atoms with van der Waals surface area (Å²) >= 11 is 6.10. The smallest absolute Gasteiger partial charge is 0.255 e. The topological polar surface area (TPSA) is 75.7 Å². The van der Waals surface area contributed by atoms with E-state index in [2.05, 4.69) is 5.32 Å². The molecule has 0 aliphatic carbocycles. The number of amides is 1. The zero-order valence-corrected chi connectivity index (χ0v) is 18.1. The summed E-state index contributed by atoms with van der Waals surface area (Å²) in [6, 6.07) is 19.9. The Bertz CT molecular complexity index is 1150. The monoisotopic (exact) mass is 444 g/mol. The lowest BCUT2D eigenvalue weighted by molar-refractivity contribution is 0.102. The van der Waals surface area contributed by atoms with Gasteiger partial charge in [-0.1, -0.05) is 41.9 Å². The Morgan fingerprint density at radius 3 is 2.37 bits per heavy atom. The van der Waals surface area contributed by atoms with Crippen molar-refractivity contribution in [1.29, 1.82) is 0 Å². The van der Waals surface area contributed by atoms with Gasteiger partial charge in [0.2, 0.25) is 10.0 Å². The van der Waals surface area contributed by atoms with Crippen molar-refractivity contribution in [2.24, 2.45) is 0 Å². The van der Waals surface area contributed by atoms with E-state index < -0.39 is 10.0 Å². The number of ether oxygens (including phenoxy) is 1. The number of halogens is 1. The van der Waals surface area contributed by atoms with Gasteiger partial charge in [0.15, 0.2) is 0 Å². The van der Waals surface area contributed by atoms with E-state index in [1.54, 1.807) is 60.7 Å². The molecule has 0 spiro atoms. The maximum Gasteiger partial charge on any atom is 0.255 e. The van der Waals surface area contributed by atoms with Gasteiger partial charge in [-0.15, -0.1) is 0 Å². The fraction of sp³-hybridized carbons (Fsp3) is 0.136. The number of benzene rings is 3. The Hall–Kier alpha value is -2.87. The summed E-state index contributed by atoms with van der Waals surface area (Å²) in [6.07, 6.45) is 0. The van der Waals surface area contributed by atoms with Crippen molar-refractivity contribution in [3.63, 3.8) is 0 Å². The summed E-state index contributed by atoms with van der Waals surface area (Å²) in [6.45, 7) is 0.0353. The van der Waals surface area contributed by atoms with Gasteiger partial charge in [-0.2, -0.15) is 4.31 Å². The molecule has 0 aliphatic heterocycles. The van der Waals surface area contributed by atoms with Crippen LogP contribution in [0.25, 0.3) is 0 Å². The molecule has 1 amide bonds. The zero-order valence-electron chi connectivity index (χ0n) is 16.5. The quantitative estimate of drug-likeness (QED) is 0.585. The van der Waals surface area contributed by atoms with E-state index in [0.717, 1.165) is 0 Å². The first-order valence-electron chi connectivity index (χ1n) is 9.07. The Morgan fingerprint density at radius 2 is 1.70 bits per heavy atom. The summed E-state index contributed by atoms with van der Waals surface area (Å²) in [4.78, 5) is 12.9. The maximum absolute atomic E-state index is 12.8. The maximum atomic E-state index is 12.8. The van der Waals surface area contributed by atoms with Crippen LogP contribution in [0.1, 0.15) is 15.9 Å². The molecule has 6 nitrogen and oxygen atoms in total. The van der Waals surface area contributed by atoms with Crippen LogP contribution in [0.2, 0.25) is 5.02 Å². The van der Waals surface area contributed by atoms with Crippen LogP contribution < -0.4 is 10.1 Å². The molecule has 156 valence electrons. The molecule has 3 aromatic rings. The minimum absolute atomic E-state index is 0.0353. The standard InChI is InChI=1S/C22H21ClN2O4S/c1-25(30(27,28)18-8-4-3-5-9-18)15-17-14-16(12-13-21(17)29-2)22(26)24-20-11-7-6-10-19(20)23/h3-14H,15H2,1-2H3,(H,24,26). The number of hydrogen-bond acceptors (Lipinski definition) is 4. The number of rotatable bonds is 7. The number of hydrogen-bond donors (Lipinski definition) is 1. The first kappa shape index (κ1) is 21.8. The number of methoxy groups -OCH3 is 1. The van der Waals surface area contributed by atoms with Gasteiger partial charge in [-0.3, -0.25) is 4.79 Å². The van der Waals surface area contributed by atoms with Gasteiger partial charge in [-0.25, -0.2) is 8.42 Å². The van der Waals surface area contributed by atoms with Gasteiger partial charge in [0, 0.05) is 24.7 Å². The van der Waals surface area contributed by atoms with E-state index in [0.29, 0.717) is 27.6 Å². The molecular weight excluding hydrogens is 424 g/mol. The van der Waals surface area contributed by atoms with Gasteiger partial charge in [0.05, 0.1) is 22.7 Å². The third-order valence-corrected chi connectivity index (χ3v) is 6.66. The molecule has 0 radical (unpaired) electrons. The van der Waals surface area contributed by atoms with Crippen LogP contribution in [0.5, 0.6) is 5.75 Å². The molecule has 8 heteroatoms. The molecule has 0 atom stereocenters. The van der Waals surface area contributed by atoms with Gasteiger partial charge >= 0.3 is 0 Å². The molecule has 0 unspecified atom stereocenters. The summed E-state index contributed by atoms with van der Waals surface area (Å²) in [5.74, 6) is 0.125. The highest BCUT2D eigenvalue weighted by molar-refractivity contribution is 7.89. The molecule has 0 bridgehead atoms. The molecular formula is C22H21ClN2O4S. The molecule has 0 saturated carbocycles. The van der Waals surface area contributed by atoms with Crippen molar-refractivity contribution < 1.29 is 17.9 Å². The van der Waals surface area contributed by atoms with Gasteiger partial charge in [0.1, 0.15) is 5.75 Å². The average Bonchev–Trinajstić information content (AvgIpc) is 2.75. The van der Waals surface area contributed by atoms with Crippen molar-refractivity contribution >= 4 is 33.2 Å². The molecule has 0 heterocycles. The molecule has 0 fully saturated rings. The number of nitrogens with zero attached hydrogens (tertiary/aromatic N) is 1. The van der Waals surface area contributed by atoms with E-state index >= 15 is 0 Å². The summed E-state index contributed by atoms with van der Waals surface area (Å²) in [7, 11) is -0.711. The van der Waals surface area contributed by atoms with Crippen LogP contribution in [-0.2, 0) is 16.6 Å². The number of carbonyl (C=O) groups excluding carboxylic acids is 1. The zero-order chi connectivity index (χ0) is 21.7. The highest BCUT2D eigenvalue weighted by atomic mass is 35.5. The van der Waals surface area contributed by atoms with E-state index in [1.807, 2.05) is 0 Å². The molecule has 0 saturated heterocycles. The fourth-order valence-corrected chi connectivity index (χ4v) is 4.25. The van der Waals surface area contributed by atoms with Crippen LogP contribution in [-0.4, -0.2) is 32.8 Å². The van der Waals surface area contributed by atoms with Crippen LogP contribution in [0.15, 0.2) is 77.7 Å². The third kappa shape index (κ3) is 4.81. The molecule has 1 N–H and O–H groups in total. The number of para-hydroxylation sites is 1. The lowest BCUT2D eigenvalue weighted by Crippen LogP contribution is -2.27. The van der Waals surface area contributed by atoms with E-state index in [-0.39, 0.29) is 17.3 Å². The minimum atomic E-state index is -3.69. The predicted octanol–water partition coefficient (Wildman–Crippen LogP) is 4.42. The summed E-state index contributed by atoms with van der Waals surface area (Å²) in [5, 5.41) is 3.18. The van der Waals surface area contributed by atoms with Crippen molar-refractivity contribution in [2.45, 2.75) is 11.4 Å². The molecule has 30 heavy (non-hydrogen) atoms. The van der Waals surface area contributed by atoms with E-state index in [1.165, 1.54) is 30.6 Å². The Morgan fingerprint density at radius 1 is 1.03 bits per heavy atom. The molecule has 3 rings (SSSR count). The van der Waals surface area contributed by atoms with Gasteiger partial charge < -0.3 is 10.1 Å². The van der Waals surface area contributed by atoms with Crippen molar-refractivity contribution in [3.8, 4) is 5.75 Å². The lowest BCUT2D eigenvalue weighted by Gasteiger charge is -2.19. The summed E-state index contributed by atoms with van der Waals surface area (Å²) in [5.41, 5.74) is 1.41. The van der Waals surface area contributed by atoms with E-state index in [4.69, 9.17) is 16.3 Å². The Balaban J connectivity index is 1.86. The largest absolute Gasteiger partial charge is 0.496 e. The molecule has 0 aliphatic rings. The van der Waals surface area contributed by atoms with Crippen LogP contribution >= 0.6 is 11.6 Å². The van der Waals surface area contributed by atoms with Crippen molar-refractivity contribution in [2.75, 3.05) is 19.5 Å². The number of anilines is 1. The minimum Gasteiger partial charge on any atom is -0.496 e. The third-order valence-electron chi connectivity index (χ3n) is 4.51. The van der Waals surface area contributed by atoms with Crippen molar-refractivity contribution in [1.82, 2.24) is 4.31 Å². The number of nitrogens with one attached hydrogen (secondary N) is 1. The normalized spacial score (nSPS) is 11.3. The average molecular weight is 445 g/mol. The van der Waals surface area contributed by atoms with Crippen LogP contribution in [0, 0.1) is 0 Å². The highest BCUT2D eigenvalue weighted by Crippen LogP contribution is 2.26. The van der Waals surface area contributed by atoms with Crippen molar-refractivity contribution in [3.05, 3.63) is 88.9 Å². The first-order valence-corrected chi connectivity index (χ1v) is 10.9. The van der Waals surface area contributed by atoms with Gasteiger partial charge in [0.25, 0.3) is 5.91 Å². The number of carbonyl (C=O) groups is 1. The first-order chi connectivity index (χ1) is 14.3. The van der Waals surface area contributed by atoms with Gasteiger partial charge in [-0.05, 0) is 42.5 Å².